The summed E-state index contributed by atoms with van der Waals surface area (Å²) < 4.78 is 32.9. The van der Waals surface area contributed by atoms with Gasteiger partial charge in [-0.25, -0.2) is 13.2 Å². The van der Waals surface area contributed by atoms with Crippen LogP contribution in [0.1, 0.15) is 23.7 Å². The first kappa shape index (κ1) is 16.3. The smallest absolute Gasteiger partial charge is 0.340 e. The molecule has 0 fully saturated rings. The van der Waals surface area contributed by atoms with E-state index in [1.807, 2.05) is 0 Å². The Morgan fingerprint density at radius 1 is 1.30 bits per heavy atom. The lowest BCUT2D eigenvalue weighted by atomic mass is 10.1. The molecule has 0 aliphatic carbocycles. The number of hydrogen-bond acceptors (Lipinski definition) is 6. The Bertz CT molecular complexity index is 568. The van der Waals surface area contributed by atoms with E-state index >= 15 is 0 Å². The van der Waals surface area contributed by atoms with E-state index in [9.17, 15) is 13.2 Å². The molecule has 20 heavy (non-hydrogen) atoms. The fraction of sp³-hybridized carbons (Fsp3) is 0.462. The second-order valence-electron chi connectivity index (χ2n) is 4.21. The maximum absolute atomic E-state index is 11.8. The van der Waals surface area contributed by atoms with Crippen LogP contribution in [-0.2, 0) is 14.6 Å². The van der Waals surface area contributed by atoms with E-state index in [-0.39, 0.29) is 29.4 Å². The summed E-state index contributed by atoms with van der Waals surface area (Å²) in [4.78, 5) is 11.8. The minimum Gasteiger partial charge on any atom is -0.495 e. The molecule has 0 aliphatic heterocycles. The highest BCUT2D eigenvalue weighted by Crippen LogP contribution is 2.25. The summed E-state index contributed by atoms with van der Waals surface area (Å²) in [5.41, 5.74) is 6.10. The minimum absolute atomic E-state index is 0.0891. The fourth-order valence-corrected chi connectivity index (χ4v) is 2.82. The van der Waals surface area contributed by atoms with Crippen molar-refractivity contribution in [2.45, 2.75) is 13.3 Å². The number of ether oxygens (including phenoxy) is 2. The molecule has 1 rings (SSSR count). The van der Waals surface area contributed by atoms with Gasteiger partial charge in [0.2, 0.25) is 0 Å². The first-order chi connectivity index (χ1) is 9.41. The Morgan fingerprint density at radius 3 is 2.60 bits per heavy atom. The van der Waals surface area contributed by atoms with Gasteiger partial charge in [0, 0.05) is 0 Å². The van der Waals surface area contributed by atoms with Crippen molar-refractivity contribution in [1.82, 2.24) is 0 Å². The van der Waals surface area contributed by atoms with Gasteiger partial charge in [-0.3, -0.25) is 0 Å². The number of esters is 1. The highest BCUT2D eigenvalue weighted by Gasteiger charge is 2.16. The van der Waals surface area contributed by atoms with Crippen molar-refractivity contribution in [3.8, 4) is 5.75 Å². The van der Waals surface area contributed by atoms with Gasteiger partial charge in [-0.2, -0.15) is 0 Å². The average molecular weight is 301 g/mol. The Balaban J connectivity index is 2.65. The zero-order valence-corrected chi connectivity index (χ0v) is 12.4. The topological polar surface area (TPSA) is 95.7 Å². The van der Waals surface area contributed by atoms with Crippen LogP contribution in [0.3, 0.4) is 0 Å². The van der Waals surface area contributed by atoms with Gasteiger partial charge >= 0.3 is 5.97 Å². The van der Waals surface area contributed by atoms with E-state index in [2.05, 4.69) is 0 Å². The first-order valence-corrected chi connectivity index (χ1v) is 8.03. The number of sulfone groups is 1. The van der Waals surface area contributed by atoms with Crippen LogP contribution in [0.15, 0.2) is 18.2 Å². The molecule has 0 aromatic heterocycles. The minimum atomic E-state index is -3.17. The molecule has 0 spiro atoms. The molecule has 0 radical (unpaired) electrons. The van der Waals surface area contributed by atoms with E-state index < -0.39 is 15.8 Å². The summed E-state index contributed by atoms with van der Waals surface area (Å²) >= 11 is 0. The highest BCUT2D eigenvalue weighted by atomic mass is 32.2. The Morgan fingerprint density at radius 2 is 2.00 bits per heavy atom. The number of carbonyl (C=O) groups is 1. The second-order valence-corrected chi connectivity index (χ2v) is 6.51. The third-order valence-corrected chi connectivity index (χ3v) is 4.47. The van der Waals surface area contributed by atoms with Gasteiger partial charge in [-0.1, -0.05) is 13.0 Å². The van der Waals surface area contributed by atoms with Crippen molar-refractivity contribution < 1.29 is 22.7 Å². The number of methoxy groups -OCH3 is 1. The molecule has 6 nitrogen and oxygen atoms in total. The summed E-state index contributed by atoms with van der Waals surface area (Å²) in [6.07, 6.45) is 0.541. The van der Waals surface area contributed by atoms with Crippen LogP contribution in [0.5, 0.6) is 5.75 Å². The van der Waals surface area contributed by atoms with Gasteiger partial charge in [0.1, 0.15) is 12.4 Å². The molecule has 0 heterocycles. The molecule has 7 heteroatoms. The predicted octanol–water partition coefficient (Wildman–Crippen LogP) is 1.26. The van der Waals surface area contributed by atoms with Gasteiger partial charge in [-0.05, 0) is 18.6 Å². The fourth-order valence-electron chi connectivity index (χ4n) is 1.65. The van der Waals surface area contributed by atoms with E-state index in [1.54, 1.807) is 19.1 Å². The molecule has 112 valence electrons. The summed E-state index contributed by atoms with van der Waals surface area (Å²) in [6, 6.07) is 4.73. The molecule has 1 aromatic rings. The zero-order valence-electron chi connectivity index (χ0n) is 11.6. The van der Waals surface area contributed by atoms with Gasteiger partial charge in [0.05, 0.1) is 29.9 Å². The van der Waals surface area contributed by atoms with Crippen molar-refractivity contribution >= 4 is 21.5 Å². The molecular formula is C13H19NO5S. The maximum atomic E-state index is 11.8. The van der Waals surface area contributed by atoms with Crippen molar-refractivity contribution in [1.29, 1.82) is 0 Å². The number of para-hydroxylation sites is 1. The van der Waals surface area contributed by atoms with Crippen LogP contribution in [0.25, 0.3) is 0 Å². The van der Waals surface area contributed by atoms with Crippen molar-refractivity contribution in [2.24, 2.45) is 0 Å². The molecule has 0 saturated heterocycles. The second kappa shape index (κ2) is 7.14. The summed E-state index contributed by atoms with van der Waals surface area (Å²) in [7, 11) is -1.72. The molecule has 0 saturated carbocycles. The third kappa shape index (κ3) is 4.41. The SMILES string of the molecule is CCCS(=O)(=O)CCOC(=O)c1cccc(OC)c1N. The highest BCUT2D eigenvalue weighted by molar-refractivity contribution is 7.91. The quantitative estimate of drug-likeness (QED) is 0.601. The summed E-state index contributed by atoms with van der Waals surface area (Å²) in [5, 5.41) is 0. The van der Waals surface area contributed by atoms with Crippen LogP contribution in [-0.4, -0.2) is 39.6 Å². The predicted molar refractivity (Wildman–Crippen MR) is 76.6 cm³/mol. The normalized spacial score (nSPS) is 11.1. The number of anilines is 1. The summed E-state index contributed by atoms with van der Waals surface area (Å²) in [6.45, 7) is 1.60. The molecule has 2 N–H and O–H groups in total. The molecule has 0 unspecified atom stereocenters. The van der Waals surface area contributed by atoms with Crippen LogP contribution >= 0.6 is 0 Å². The largest absolute Gasteiger partial charge is 0.495 e. The zero-order chi connectivity index (χ0) is 15.2. The Labute approximate surface area is 118 Å². The lowest BCUT2D eigenvalue weighted by Gasteiger charge is -2.10. The molecule has 0 bridgehead atoms. The van der Waals surface area contributed by atoms with Crippen LogP contribution < -0.4 is 10.5 Å². The molecule has 1 aromatic carbocycles. The van der Waals surface area contributed by atoms with Crippen molar-refractivity contribution in [3.63, 3.8) is 0 Å². The van der Waals surface area contributed by atoms with Crippen molar-refractivity contribution in [3.05, 3.63) is 23.8 Å². The Kier molecular flexibility index (Phi) is 5.82. The van der Waals surface area contributed by atoms with E-state index in [0.29, 0.717) is 12.2 Å². The first-order valence-electron chi connectivity index (χ1n) is 6.21. The van der Waals surface area contributed by atoms with Crippen molar-refractivity contribution in [2.75, 3.05) is 31.0 Å². The number of benzene rings is 1. The molecule has 0 amide bonds. The monoisotopic (exact) mass is 301 g/mol. The lowest BCUT2D eigenvalue weighted by molar-refractivity contribution is 0.0530. The van der Waals surface area contributed by atoms with Gasteiger partial charge in [0.15, 0.2) is 9.84 Å². The number of hydrogen-bond donors (Lipinski definition) is 1. The summed E-state index contributed by atoms with van der Waals surface area (Å²) in [5.74, 6) is -0.381. The number of nitrogen functional groups attached to an aromatic ring is 1. The lowest BCUT2D eigenvalue weighted by Crippen LogP contribution is -2.18. The van der Waals surface area contributed by atoms with Crippen LogP contribution in [0, 0.1) is 0 Å². The van der Waals surface area contributed by atoms with E-state index in [4.69, 9.17) is 15.2 Å². The van der Waals surface area contributed by atoms with Gasteiger partial charge < -0.3 is 15.2 Å². The average Bonchev–Trinajstić information content (AvgIpc) is 2.38. The van der Waals surface area contributed by atoms with Crippen LogP contribution in [0.4, 0.5) is 5.69 Å². The number of rotatable bonds is 7. The standard InChI is InChI=1S/C13H19NO5S/c1-3-8-20(16,17)9-7-19-13(15)10-5-4-6-11(18-2)12(10)14/h4-6H,3,7-9,14H2,1-2H3. The molecule has 0 atom stereocenters. The Hall–Kier alpha value is -1.76. The van der Waals surface area contributed by atoms with E-state index in [1.165, 1.54) is 13.2 Å². The number of carbonyl (C=O) groups excluding carboxylic acids is 1. The van der Waals surface area contributed by atoms with Crippen LogP contribution in [0.2, 0.25) is 0 Å². The van der Waals surface area contributed by atoms with E-state index in [0.717, 1.165) is 0 Å². The van der Waals surface area contributed by atoms with Gasteiger partial charge in [-0.15, -0.1) is 0 Å². The molecule has 0 aliphatic rings. The molecular weight excluding hydrogens is 282 g/mol. The third-order valence-electron chi connectivity index (χ3n) is 2.65. The maximum Gasteiger partial charge on any atom is 0.340 e. The number of nitrogens with two attached hydrogens (primary N) is 1. The van der Waals surface area contributed by atoms with Gasteiger partial charge in [0.25, 0.3) is 0 Å².